The van der Waals surface area contributed by atoms with Gasteiger partial charge in [-0.05, 0) is 32.6 Å². The molecule has 0 aliphatic rings. The number of alkyl carbamates (subject to hydrolysis) is 1. The van der Waals surface area contributed by atoms with Gasteiger partial charge in [-0.25, -0.2) is 4.79 Å². The van der Waals surface area contributed by atoms with E-state index < -0.39 is 42.0 Å². The summed E-state index contributed by atoms with van der Waals surface area (Å²) in [6.45, 7) is 11.9. The molecule has 6 nitrogen and oxygen atoms in total. The van der Waals surface area contributed by atoms with E-state index in [0.29, 0.717) is 0 Å². The molecule has 0 fully saturated rings. The van der Waals surface area contributed by atoms with Crippen molar-refractivity contribution in [1.29, 1.82) is 0 Å². The standard InChI is InChI=1S/C17H29F3N2O4/c1-9(2)12(10(3)4)22-14(24)13(23)11(8-17(18,19)20)21-15(25)26-16(5,6)7/h9-12H,8H2,1-7H3,(H,21,25)(H,22,24). The van der Waals surface area contributed by atoms with Crippen LogP contribution in [0.1, 0.15) is 54.9 Å². The van der Waals surface area contributed by atoms with Crippen LogP contribution in [0, 0.1) is 11.8 Å². The van der Waals surface area contributed by atoms with Crippen molar-refractivity contribution in [2.75, 3.05) is 0 Å². The fourth-order valence-corrected chi connectivity index (χ4v) is 2.37. The van der Waals surface area contributed by atoms with Gasteiger partial charge < -0.3 is 15.4 Å². The first kappa shape index (κ1) is 24.2. The molecule has 1 atom stereocenters. The molecule has 2 amide bonds. The lowest BCUT2D eigenvalue weighted by atomic mass is 9.93. The first-order valence-electron chi connectivity index (χ1n) is 8.44. The minimum atomic E-state index is -4.74. The normalized spacial score (nSPS) is 13.7. The molecule has 2 N–H and O–H groups in total. The van der Waals surface area contributed by atoms with Crippen LogP contribution >= 0.6 is 0 Å². The zero-order chi connectivity index (χ0) is 20.9. The van der Waals surface area contributed by atoms with Gasteiger partial charge in [0, 0.05) is 6.04 Å². The van der Waals surface area contributed by atoms with Crippen molar-refractivity contribution in [3.05, 3.63) is 0 Å². The van der Waals surface area contributed by atoms with Crippen molar-refractivity contribution in [3.63, 3.8) is 0 Å². The Bertz CT molecular complexity index is 503. The predicted molar refractivity (Wildman–Crippen MR) is 90.4 cm³/mol. The van der Waals surface area contributed by atoms with Crippen molar-refractivity contribution >= 4 is 17.8 Å². The molecule has 0 aliphatic heterocycles. The van der Waals surface area contributed by atoms with Crippen molar-refractivity contribution in [1.82, 2.24) is 10.6 Å². The number of rotatable bonds is 7. The highest BCUT2D eigenvalue weighted by Gasteiger charge is 2.39. The third-order valence-corrected chi connectivity index (χ3v) is 3.40. The van der Waals surface area contributed by atoms with Crippen LogP contribution in [0.3, 0.4) is 0 Å². The molecule has 0 radical (unpaired) electrons. The first-order valence-corrected chi connectivity index (χ1v) is 8.44. The van der Waals surface area contributed by atoms with E-state index in [4.69, 9.17) is 4.74 Å². The van der Waals surface area contributed by atoms with Gasteiger partial charge in [0.25, 0.3) is 5.91 Å². The summed E-state index contributed by atoms with van der Waals surface area (Å²) in [7, 11) is 0. The number of halogens is 3. The topological polar surface area (TPSA) is 84.5 Å². The van der Waals surface area contributed by atoms with Crippen LogP contribution in [-0.2, 0) is 14.3 Å². The fraction of sp³-hybridized carbons (Fsp3) is 0.824. The minimum Gasteiger partial charge on any atom is -0.444 e. The largest absolute Gasteiger partial charge is 0.444 e. The third kappa shape index (κ3) is 9.62. The molecular weight excluding hydrogens is 353 g/mol. The summed E-state index contributed by atoms with van der Waals surface area (Å²) in [5.74, 6) is -2.57. The van der Waals surface area contributed by atoms with E-state index in [-0.39, 0.29) is 17.9 Å². The zero-order valence-corrected chi connectivity index (χ0v) is 16.3. The van der Waals surface area contributed by atoms with Crippen LogP contribution in [0.4, 0.5) is 18.0 Å². The number of hydrogen-bond donors (Lipinski definition) is 2. The van der Waals surface area contributed by atoms with Crippen molar-refractivity contribution in [2.24, 2.45) is 11.8 Å². The second-order valence-corrected chi connectivity index (χ2v) is 7.87. The van der Waals surface area contributed by atoms with Gasteiger partial charge in [0.15, 0.2) is 0 Å². The fourth-order valence-electron chi connectivity index (χ4n) is 2.37. The lowest BCUT2D eigenvalue weighted by Gasteiger charge is -2.27. The maximum absolute atomic E-state index is 12.8. The molecular formula is C17H29F3N2O4. The minimum absolute atomic E-state index is 0.0216. The van der Waals surface area contributed by atoms with E-state index in [9.17, 15) is 27.6 Å². The van der Waals surface area contributed by atoms with E-state index in [1.807, 2.05) is 33.0 Å². The van der Waals surface area contributed by atoms with Gasteiger partial charge >= 0.3 is 12.3 Å². The molecule has 0 aromatic carbocycles. The molecule has 0 rings (SSSR count). The Balaban J connectivity index is 5.26. The number of amides is 2. The SMILES string of the molecule is CC(C)C(NC(=O)C(=O)C(CC(F)(F)F)NC(=O)OC(C)(C)C)C(C)C. The maximum Gasteiger partial charge on any atom is 0.408 e. The summed E-state index contributed by atoms with van der Waals surface area (Å²) in [6, 6.07) is -2.44. The average molecular weight is 382 g/mol. The molecule has 9 heteroatoms. The molecule has 26 heavy (non-hydrogen) atoms. The van der Waals surface area contributed by atoms with Crippen molar-refractivity contribution in [3.8, 4) is 0 Å². The number of ether oxygens (including phenoxy) is 1. The Kier molecular flexibility index (Phi) is 8.59. The smallest absolute Gasteiger partial charge is 0.408 e. The van der Waals surface area contributed by atoms with Crippen molar-refractivity contribution in [2.45, 2.75) is 78.7 Å². The third-order valence-electron chi connectivity index (χ3n) is 3.40. The van der Waals surface area contributed by atoms with Gasteiger partial charge in [-0.3, -0.25) is 9.59 Å². The molecule has 1 unspecified atom stereocenters. The van der Waals surface area contributed by atoms with E-state index in [1.165, 1.54) is 20.8 Å². The molecule has 0 aromatic heterocycles. The van der Waals surface area contributed by atoms with Gasteiger partial charge in [-0.15, -0.1) is 0 Å². The Labute approximate surface area is 152 Å². The van der Waals surface area contributed by atoms with E-state index in [0.717, 1.165) is 0 Å². The molecule has 0 saturated carbocycles. The van der Waals surface area contributed by atoms with Crippen LogP contribution in [-0.4, -0.2) is 41.6 Å². The molecule has 0 spiro atoms. The Morgan fingerprint density at radius 1 is 0.923 bits per heavy atom. The highest BCUT2D eigenvalue weighted by atomic mass is 19.4. The number of alkyl halides is 3. The number of carbonyl (C=O) groups excluding carboxylic acids is 3. The van der Waals surface area contributed by atoms with E-state index >= 15 is 0 Å². The molecule has 0 heterocycles. The highest BCUT2D eigenvalue weighted by Crippen LogP contribution is 2.22. The van der Waals surface area contributed by atoms with Crippen LogP contribution in [0.2, 0.25) is 0 Å². The van der Waals surface area contributed by atoms with Crippen LogP contribution in [0.25, 0.3) is 0 Å². The predicted octanol–water partition coefficient (Wildman–Crippen LogP) is 3.20. The van der Waals surface area contributed by atoms with Gasteiger partial charge in [-0.2, -0.15) is 13.2 Å². The number of Topliss-reactive ketones (excluding diaryl/α,β-unsaturated/α-hetero) is 1. The second kappa shape index (κ2) is 9.23. The van der Waals surface area contributed by atoms with Crippen LogP contribution < -0.4 is 10.6 Å². The Morgan fingerprint density at radius 2 is 1.38 bits per heavy atom. The van der Waals surface area contributed by atoms with E-state index in [1.54, 1.807) is 0 Å². The van der Waals surface area contributed by atoms with Crippen molar-refractivity contribution < 1.29 is 32.3 Å². The second-order valence-electron chi connectivity index (χ2n) is 7.87. The molecule has 152 valence electrons. The summed E-state index contributed by atoms with van der Waals surface area (Å²) < 4.78 is 43.2. The van der Waals surface area contributed by atoms with Gasteiger partial charge in [-0.1, -0.05) is 27.7 Å². The average Bonchev–Trinajstić information content (AvgIpc) is 2.38. The summed E-state index contributed by atoms with van der Waals surface area (Å²) >= 11 is 0. The lowest BCUT2D eigenvalue weighted by molar-refractivity contribution is -0.152. The number of hydrogen-bond acceptors (Lipinski definition) is 4. The molecule has 0 aromatic rings. The number of nitrogens with one attached hydrogen (secondary N) is 2. The summed E-state index contributed by atoms with van der Waals surface area (Å²) in [5.41, 5.74) is -0.960. The molecule has 0 aliphatic carbocycles. The van der Waals surface area contributed by atoms with Crippen LogP contribution in [0.15, 0.2) is 0 Å². The summed E-state index contributed by atoms with van der Waals surface area (Å²) in [4.78, 5) is 36.1. The Morgan fingerprint density at radius 3 is 1.73 bits per heavy atom. The summed E-state index contributed by atoms with van der Waals surface area (Å²) in [6.07, 6.45) is -7.60. The quantitative estimate of drug-likeness (QED) is 0.662. The molecule has 0 saturated heterocycles. The number of ketones is 1. The van der Waals surface area contributed by atoms with Gasteiger partial charge in [0.2, 0.25) is 5.78 Å². The maximum atomic E-state index is 12.8. The number of carbonyl (C=O) groups is 3. The first-order chi connectivity index (χ1) is 11.5. The highest BCUT2D eigenvalue weighted by molar-refractivity contribution is 6.38. The van der Waals surface area contributed by atoms with Gasteiger partial charge in [0.05, 0.1) is 6.42 Å². The monoisotopic (exact) mass is 382 g/mol. The van der Waals surface area contributed by atoms with Gasteiger partial charge in [0.1, 0.15) is 11.6 Å². The zero-order valence-electron chi connectivity index (χ0n) is 16.3. The summed E-state index contributed by atoms with van der Waals surface area (Å²) in [5, 5.41) is 4.31. The van der Waals surface area contributed by atoms with E-state index in [2.05, 4.69) is 5.32 Å². The lowest BCUT2D eigenvalue weighted by Crippen LogP contribution is -2.53. The molecule has 0 bridgehead atoms. The van der Waals surface area contributed by atoms with Crippen LogP contribution in [0.5, 0.6) is 0 Å². The Hall–Kier alpha value is -1.80.